The van der Waals surface area contributed by atoms with Crippen LogP contribution in [-0.2, 0) is 4.79 Å². The number of likely N-dealkylation sites (N-methyl/N-ethyl adjacent to an activating group) is 1. The van der Waals surface area contributed by atoms with Crippen LogP contribution in [0, 0.1) is 23.2 Å². The van der Waals surface area contributed by atoms with Gasteiger partial charge in [-0.3, -0.25) is 9.78 Å². The van der Waals surface area contributed by atoms with E-state index in [1.807, 2.05) is 43.4 Å². The number of carbonyl (C=O) groups is 1. The van der Waals surface area contributed by atoms with Gasteiger partial charge in [0.2, 0.25) is 5.91 Å². The van der Waals surface area contributed by atoms with E-state index in [1.165, 1.54) is 19.3 Å². The van der Waals surface area contributed by atoms with Crippen LogP contribution in [0.2, 0.25) is 0 Å². The van der Waals surface area contributed by atoms with Gasteiger partial charge in [-0.05, 0) is 82.5 Å². The van der Waals surface area contributed by atoms with E-state index in [9.17, 15) is 9.90 Å². The van der Waals surface area contributed by atoms with Crippen LogP contribution in [0.1, 0.15) is 50.2 Å². The van der Waals surface area contributed by atoms with Gasteiger partial charge in [0, 0.05) is 34.9 Å². The molecule has 0 aliphatic heterocycles. The molecule has 0 radical (unpaired) electrons. The van der Waals surface area contributed by atoms with E-state index in [-0.39, 0.29) is 11.3 Å². The van der Waals surface area contributed by atoms with Gasteiger partial charge >= 0.3 is 0 Å². The third-order valence-electron chi connectivity index (χ3n) is 7.35. The Morgan fingerprint density at radius 2 is 1.93 bits per heavy atom. The third kappa shape index (κ3) is 3.70. The van der Waals surface area contributed by atoms with Crippen molar-refractivity contribution in [3.8, 4) is 10.4 Å². The summed E-state index contributed by atoms with van der Waals surface area (Å²) >= 11 is 1.55. The van der Waals surface area contributed by atoms with Crippen LogP contribution < -0.4 is 5.32 Å². The molecule has 2 N–H and O–H groups in total. The molecule has 0 saturated heterocycles. The SMILES string of the molecule is CN(C)CC(O)c1cc(-c2cccnc2)sc1NC(=O)C12CC3CC(CC(C3)C1)C2. The summed E-state index contributed by atoms with van der Waals surface area (Å²) in [5, 5.41) is 15.0. The van der Waals surface area contributed by atoms with Gasteiger partial charge in [-0.25, -0.2) is 0 Å². The van der Waals surface area contributed by atoms with Crippen LogP contribution in [0.25, 0.3) is 10.4 Å². The van der Waals surface area contributed by atoms with Crippen molar-refractivity contribution in [2.75, 3.05) is 26.0 Å². The van der Waals surface area contributed by atoms with Crippen molar-refractivity contribution in [1.82, 2.24) is 9.88 Å². The molecule has 4 aliphatic carbocycles. The lowest BCUT2D eigenvalue weighted by Crippen LogP contribution is -2.51. The van der Waals surface area contributed by atoms with Gasteiger partial charge in [0.25, 0.3) is 0 Å². The van der Waals surface area contributed by atoms with Crippen LogP contribution in [0.4, 0.5) is 5.00 Å². The first-order chi connectivity index (χ1) is 14.4. The summed E-state index contributed by atoms with van der Waals surface area (Å²) in [5.74, 6) is 2.37. The van der Waals surface area contributed by atoms with Gasteiger partial charge in [-0.1, -0.05) is 6.07 Å². The summed E-state index contributed by atoms with van der Waals surface area (Å²) in [6.07, 6.45) is 10.0. The molecule has 1 amide bonds. The first kappa shape index (κ1) is 20.2. The summed E-state index contributed by atoms with van der Waals surface area (Å²) in [5.41, 5.74) is 1.62. The number of hydrogen-bond acceptors (Lipinski definition) is 5. The van der Waals surface area contributed by atoms with Crippen molar-refractivity contribution in [1.29, 1.82) is 0 Å². The number of carbonyl (C=O) groups excluding carboxylic acids is 1. The van der Waals surface area contributed by atoms with Crippen molar-refractivity contribution in [3.05, 3.63) is 36.2 Å². The van der Waals surface area contributed by atoms with Crippen molar-refractivity contribution < 1.29 is 9.90 Å². The molecule has 4 fully saturated rings. The number of thiophene rings is 1. The largest absolute Gasteiger partial charge is 0.387 e. The Morgan fingerprint density at radius 1 is 1.27 bits per heavy atom. The number of aliphatic hydroxyl groups excluding tert-OH is 1. The highest BCUT2D eigenvalue weighted by atomic mass is 32.1. The van der Waals surface area contributed by atoms with Gasteiger partial charge in [-0.15, -0.1) is 11.3 Å². The zero-order valence-electron chi connectivity index (χ0n) is 17.8. The molecule has 4 bridgehead atoms. The van der Waals surface area contributed by atoms with Crippen LogP contribution >= 0.6 is 11.3 Å². The molecule has 2 aromatic rings. The minimum Gasteiger partial charge on any atom is -0.387 e. The molecule has 2 heterocycles. The second-order valence-electron chi connectivity index (χ2n) is 10.1. The monoisotopic (exact) mass is 425 g/mol. The first-order valence-corrected chi connectivity index (χ1v) is 11.9. The third-order valence-corrected chi connectivity index (χ3v) is 8.47. The summed E-state index contributed by atoms with van der Waals surface area (Å²) in [6.45, 7) is 0.517. The number of aliphatic hydroxyl groups is 1. The highest BCUT2D eigenvalue weighted by molar-refractivity contribution is 7.19. The van der Waals surface area contributed by atoms with Crippen molar-refractivity contribution in [2.45, 2.75) is 44.6 Å². The van der Waals surface area contributed by atoms with Crippen LogP contribution in [0.15, 0.2) is 30.6 Å². The lowest BCUT2D eigenvalue weighted by atomic mass is 9.49. The maximum atomic E-state index is 13.6. The van der Waals surface area contributed by atoms with Crippen LogP contribution in [-0.4, -0.2) is 41.5 Å². The maximum absolute atomic E-state index is 13.6. The van der Waals surface area contributed by atoms with Crippen molar-refractivity contribution in [3.63, 3.8) is 0 Å². The number of aromatic nitrogens is 1. The number of rotatable bonds is 6. The van der Waals surface area contributed by atoms with E-state index in [2.05, 4.69) is 10.3 Å². The Morgan fingerprint density at radius 3 is 2.50 bits per heavy atom. The van der Waals surface area contributed by atoms with E-state index in [4.69, 9.17) is 0 Å². The maximum Gasteiger partial charge on any atom is 0.231 e. The van der Waals surface area contributed by atoms with E-state index >= 15 is 0 Å². The van der Waals surface area contributed by atoms with Crippen LogP contribution in [0.5, 0.6) is 0 Å². The van der Waals surface area contributed by atoms with Gasteiger partial charge in [0.05, 0.1) is 11.5 Å². The molecule has 6 heteroatoms. The zero-order valence-corrected chi connectivity index (χ0v) is 18.6. The molecule has 5 nitrogen and oxygen atoms in total. The molecule has 160 valence electrons. The highest BCUT2D eigenvalue weighted by Gasteiger charge is 2.54. The van der Waals surface area contributed by atoms with E-state index in [0.29, 0.717) is 6.54 Å². The topological polar surface area (TPSA) is 65.5 Å². The standard InChI is InChI=1S/C24H31N3O2S/c1-27(2)14-20(28)19-9-21(18-4-3-5-25-13-18)30-22(19)26-23(29)24-10-15-6-16(11-24)8-17(7-15)12-24/h3-5,9,13,15-17,20,28H,6-8,10-12,14H2,1-2H3,(H,26,29). The molecule has 0 spiro atoms. The molecule has 2 aromatic heterocycles. The molecule has 0 aromatic carbocycles. The molecule has 4 saturated carbocycles. The fourth-order valence-corrected chi connectivity index (χ4v) is 7.57. The Hall–Kier alpha value is -1.76. The lowest BCUT2D eigenvalue weighted by molar-refractivity contribution is -0.140. The number of pyridine rings is 1. The normalized spacial score (nSPS) is 30.6. The summed E-state index contributed by atoms with van der Waals surface area (Å²) < 4.78 is 0. The smallest absolute Gasteiger partial charge is 0.231 e. The van der Waals surface area contributed by atoms with Gasteiger partial charge in [0.15, 0.2) is 0 Å². The number of amides is 1. The summed E-state index contributed by atoms with van der Waals surface area (Å²) in [7, 11) is 3.90. The van der Waals surface area contributed by atoms with Crippen molar-refractivity contribution in [2.24, 2.45) is 23.2 Å². The zero-order chi connectivity index (χ0) is 20.9. The van der Waals surface area contributed by atoms with Crippen molar-refractivity contribution >= 4 is 22.2 Å². The molecule has 1 unspecified atom stereocenters. The number of hydrogen-bond donors (Lipinski definition) is 2. The average molecular weight is 426 g/mol. The number of nitrogens with one attached hydrogen (secondary N) is 1. The van der Waals surface area contributed by atoms with Crippen LogP contribution in [0.3, 0.4) is 0 Å². The lowest BCUT2D eigenvalue weighted by Gasteiger charge is -2.55. The number of anilines is 1. The first-order valence-electron chi connectivity index (χ1n) is 11.1. The minimum atomic E-state index is -0.645. The molecular formula is C24H31N3O2S. The van der Waals surface area contributed by atoms with E-state index < -0.39 is 6.10 Å². The average Bonchev–Trinajstić information content (AvgIpc) is 3.11. The predicted octanol–water partition coefficient (Wildman–Crippen LogP) is 4.56. The van der Waals surface area contributed by atoms with Gasteiger partial charge < -0.3 is 15.3 Å². The molecular weight excluding hydrogens is 394 g/mol. The quantitative estimate of drug-likeness (QED) is 0.712. The molecule has 1 atom stereocenters. The second-order valence-corrected chi connectivity index (χ2v) is 11.1. The molecule has 30 heavy (non-hydrogen) atoms. The van der Waals surface area contributed by atoms with Gasteiger partial charge in [-0.2, -0.15) is 0 Å². The fourth-order valence-electron chi connectivity index (χ4n) is 6.47. The molecule has 4 aliphatic rings. The molecule has 6 rings (SSSR count). The summed E-state index contributed by atoms with van der Waals surface area (Å²) in [6, 6.07) is 5.95. The summed E-state index contributed by atoms with van der Waals surface area (Å²) in [4.78, 5) is 20.8. The van der Waals surface area contributed by atoms with Gasteiger partial charge in [0.1, 0.15) is 5.00 Å². The Bertz CT molecular complexity index is 889. The number of nitrogens with zero attached hydrogens (tertiary/aromatic N) is 2. The van der Waals surface area contributed by atoms with E-state index in [1.54, 1.807) is 17.5 Å². The fraction of sp³-hybridized carbons (Fsp3) is 0.583. The Balaban J connectivity index is 1.44. The van der Waals surface area contributed by atoms with E-state index in [0.717, 1.165) is 58.0 Å². The second kappa shape index (κ2) is 7.74. The highest BCUT2D eigenvalue weighted by Crippen LogP contribution is 2.60. The minimum absolute atomic E-state index is 0.180. The Labute approximate surface area is 182 Å². The predicted molar refractivity (Wildman–Crippen MR) is 120 cm³/mol. The Kier molecular flexibility index (Phi) is 5.20.